The Kier molecular flexibility index (Phi) is 4.20. The van der Waals surface area contributed by atoms with Crippen LogP contribution in [0.15, 0.2) is 24.3 Å². The lowest BCUT2D eigenvalue weighted by atomic mass is 9.99. The molecule has 1 aromatic rings. The lowest BCUT2D eigenvalue weighted by Gasteiger charge is -2.27. The SMILES string of the molecule is CN(CC1CCOCC1)C(=O)c1ccc(O)cc1. The topological polar surface area (TPSA) is 49.8 Å². The van der Waals surface area contributed by atoms with Gasteiger partial charge in [0, 0.05) is 32.4 Å². The second kappa shape index (κ2) is 5.87. The molecule has 0 aliphatic carbocycles. The molecule has 1 heterocycles. The Morgan fingerprint density at radius 1 is 1.33 bits per heavy atom. The van der Waals surface area contributed by atoms with Gasteiger partial charge >= 0.3 is 0 Å². The second-order valence-electron chi connectivity index (χ2n) is 4.79. The summed E-state index contributed by atoms with van der Waals surface area (Å²) >= 11 is 0. The van der Waals surface area contributed by atoms with Crippen LogP contribution in [-0.4, -0.2) is 42.7 Å². The Morgan fingerprint density at radius 3 is 2.56 bits per heavy atom. The molecule has 4 nitrogen and oxygen atoms in total. The van der Waals surface area contributed by atoms with E-state index < -0.39 is 0 Å². The van der Waals surface area contributed by atoms with Gasteiger partial charge in [-0.15, -0.1) is 0 Å². The van der Waals surface area contributed by atoms with E-state index in [9.17, 15) is 9.90 Å². The first-order valence-electron chi connectivity index (χ1n) is 6.29. The Morgan fingerprint density at radius 2 is 1.94 bits per heavy atom. The molecule has 1 amide bonds. The summed E-state index contributed by atoms with van der Waals surface area (Å²) in [5.74, 6) is 0.713. The summed E-state index contributed by atoms with van der Waals surface area (Å²) in [5, 5.41) is 9.20. The summed E-state index contributed by atoms with van der Waals surface area (Å²) in [6.45, 7) is 2.36. The van der Waals surface area contributed by atoms with Crippen LogP contribution in [0.1, 0.15) is 23.2 Å². The highest BCUT2D eigenvalue weighted by Gasteiger charge is 2.19. The van der Waals surface area contributed by atoms with Crippen molar-refractivity contribution in [3.63, 3.8) is 0 Å². The molecular formula is C14H19NO3. The van der Waals surface area contributed by atoms with E-state index in [0.29, 0.717) is 11.5 Å². The van der Waals surface area contributed by atoms with Crippen LogP contribution in [0.3, 0.4) is 0 Å². The molecule has 1 saturated heterocycles. The third-order valence-corrected chi connectivity index (χ3v) is 3.33. The highest BCUT2D eigenvalue weighted by Crippen LogP contribution is 2.17. The molecule has 0 spiro atoms. The Bertz CT molecular complexity index is 396. The first-order valence-corrected chi connectivity index (χ1v) is 6.29. The average molecular weight is 249 g/mol. The quantitative estimate of drug-likeness (QED) is 0.890. The lowest BCUT2D eigenvalue weighted by molar-refractivity contribution is 0.0497. The third kappa shape index (κ3) is 3.23. The molecule has 98 valence electrons. The molecule has 0 radical (unpaired) electrons. The molecule has 0 saturated carbocycles. The number of carbonyl (C=O) groups excluding carboxylic acids is 1. The molecule has 4 heteroatoms. The molecule has 0 aromatic heterocycles. The van der Waals surface area contributed by atoms with Gasteiger partial charge in [0.15, 0.2) is 0 Å². The number of carbonyl (C=O) groups is 1. The van der Waals surface area contributed by atoms with Crippen molar-refractivity contribution in [1.82, 2.24) is 4.90 Å². The van der Waals surface area contributed by atoms with E-state index >= 15 is 0 Å². The van der Waals surface area contributed by atoms with E-state index in [1.165, 1.54) is 12.1 Å². The van der Waals surface area contributed by atoms with Crippen molar-refractivity contribution in [3.8, 4) is 5.75 Å². The van der Waals surface area contributed by atoms with Gasteiger partial charge in [-0.25, -0.2) is 0 Å². The standard InChI is InChI=1S/C14H19NO3/c1-15(10-11-6-8-18-9-7-11)14(17)12-2-4-13(16)5-3-12/h2-5,11,16H,6-10H2,1H3. The van der Waals surface area contributed by atoms with E-state index in [2.05, 4.69) is 0 Å². The molecule has 1 aliphatic heterocycles. The van der Waals surface area contributed by atoms with Gasteiger partial charge in [-0.05, 0) is 43.0 Å². The average Bonchev–Trinajstić information content (AvgIpc) is 2.40. The van der Waals surface area contributed by atoms with Gasteiger partial charge in [-0.2, -0.15) is 0 Å². The van der Waals surface area contributed by atoms with Crippen LogP contribution in [0.4, 0.5) is 0 Å². The summed E-state index contributed by atoms with van der Waals surface area (Å²) in [4.78, 5) is 13.9. The van der Waals surface area contributed by atoms with Crippen molar-refractivity contribution in [1.29, 1.82) is 0 Å². The number of phenolic OH excluding ortho intramolecular Hbond substituents is 1. The molecule has 0 bridgehead atoms. The zero-order valence-electron chi connectivity index (χ0n) is 10.6. The number of ether oxygens (including phenoxy) is 1. The molecule has 2 rings (SSSR count). The zero-order chi connectivity index (χ0) is 13.0. The number of nitrogens with zero attached hydrogens (tertiary/aromatic N) is 1. The van der Waals surface area contributed by atoms with Crippen molar-refractivity contribution in [2.45, 2.75) is 12.8 Å². The zero-order valence-corrected chi connectivity index (χ0v) is 10.6. The number of aromatic hydroxyl groups is 1. The fourth-order valence-electron chi connectivity index (χ4n) is 2.22. The number of hydrogen-bond acceptors (Lipinski definition) is 3. The van der Waals surface area contributed by atoms with Crippen molar-refractivity contribution < 1.29 is 14.6 Å². The van der Waals surface area contributed by atoms with Gasteiger partial charge in [-0.3, -0.25) is 4.79 Å². The third-order valence-electron chi connectivity index (χ3n) is 3.33. The maximum Gasteiger partial charge on any atom is 0.253 e. The molecule has 0 unspecified atom stereocenters. The summed E-state index contributed by atoms with van der Waals surface area (Å²) in [7, 11) is 1.82. The summed E-state index contributed by atoms with van der Waals surface area (Å²) < 4.78 is 5.31. The first-order chi connectivity index (χ1) is 8.66. The van der Waals surface area contributed by atoms with Gasteiger partial charge in [0.05, 0.1) is 0 Å². The predicted molar refractivity (Wildman–Crippen MR) is 68.6 cm³/mol. The molecule has 1 N–H and O–H groups in total. The van der Waals surface area contributed by atoms with E-state index in [-0.39, 0.29) is 11.7 Å². The van der Waals surface area contributed by atoms with E-state index in [1.54, 1.807) is 17.0 Å². The maximum atomic E-state index is 12.1. The fraction of sp³-hybridized carbons (Fsp3) is 0.500. The minimum absolute atomic E-state index is 0.00138. The Hall–Kier alpha value is -1.55. The van der Waals surface area contributed by atoms with E-state index in [0.717, 1.165) is 32.6 Å². The fourth-order valence-corrected chi connectivity index (χ4v) is 2.22. The van der Waals surface area contributed by atoms with E-state index in [1.807, 2.05) is 7.05 Å². The van der Waals surface area contributed by atoms with Crippen LogP contribution in [0.5, 0.6) is 5.75 Å². The minimum Gasteiger partial charge on any atom is -0.508 e. The predicted octanol–water partition coefficient (Wildman–Crippen LogP) is 1.89. The number of amides is 1. The van der Waals surface area contributed by atoms with Crippen LogP contribution in [0, 0.1) is 5.92 Å². The summed E-state index contributed by atoms with van der Waals surface area (Å²) in [6.07, 6.45) is 2.04. The van der Waals surface area contributed by atoms with Gasteiger partial charge in [0.1, 0.15) is 5.75 Å². The molecule has 1 aliphatic rings. The highest BCUT2D eigenvalue weighted by molar-refractivity contribution is 5.94. The van der Waals surface area contributed by atoms with Crippen LogP contribution < -0.4 is 0 Å². The Balaban J connectivity index is 1.93. The summed E-state index contributed by atoms with van der Waals surface area (Å²) in [5.41, 5.74) is 0.613. The number of rotatable bonds is 3. The monoisotopic (exact) mass is 249 g/mol. The summed E-state index contributed by atoms with van der Waals surface area (Å²) in [6, 6.07) is 6.38. The molecule has 0 atom stereocenters. The van der Waals surface area contributed by atoms with Crippen LogP contribution >= 0.6 is 0 Å². The normalized spacial score (nSPS) is 16.5. The first kappa shape index (κ1) is 12.9. The highest BCUT2D eigenvalue weighted by atomic mass is 16.5. The molecule has 18 heavy (non-hydrogen) atoms. The number of hydrogen-bond donors (Lipinski definition) is 1. The lowest BCUT2D eigenvalue weighted by Crippen LogP contribution is -2.34. The van der Waals surface area contributed by atoms with Crippen LogP contribution in [0.2, 0.25) is 0 Å². The molecule has 1 fully saturated rings. The van der Waals surface area contributed by atoms with Crippen LogP contribution in [0.25, 0.3) is 0 Å². The van der Waals surface area contributed by atoms with Crippen molar-refractivity contribution in [3.05, 3.63) is 29.8 Å². The largest absolute Gasteiger partial charge is 0.508 e. The van der Waals surface area contributed by atoms with Gasteiger partial charge in [-0.1, -0.05) is 0 Å². The van der Waals surface area contributed by atoms with Crippen molar-refractivity contribution >= 4 is 5.91 Å². The van der Waals surface area contributed by atoms with Gasteiger partial charge in [0.2, 0.25) is 0 Å². The smallest absolute Gasteiger partial charge is 0.253 e. The Labute approximate surface area is 107 Å². The molecular weight excluding hydrogens is 230 g/mol. The van der Waals surface area contributed by atoms with Gasteiger partial charge < -0.3 is 14.7 Å². The number of benzene rings is 1. The van der Waals surface area contributed by atoms with E-state index in [4.69, 9.17) is 4.74 Å². The number of phenols is 1. The molecule has 1 aromatic carbocycles. The van der Waals surface area contributed by atoms with Gasteiger partial charge in [0.25, 0.3) is 5.91 Å². The van der Waals surface area contributed by atoms with Crippen LogP contribution in [-0.2, 0) is 4.74 Å². The maximum absolute atomic E-state index is 12.1. The van der Waals surface area contributed by atoms with Crippen molar-refractivity contribution in [2.75, 3.05) is 26.8 Å². The van der Waals surface area contributed by atoms with Crippen molar-refractivity contribution in [2.24, 2.45) is 5.92 Å². The minimum atomic E-state index is 0.00138. The second-order valence-corrected chi connectivity index (χ2v) is 4.79.